The minimum atomic E-state index is -0.914. The van der Waals surface area contributed by atoms with E-state index in [0.29, 0.717) is 12.1 Å². The van der Waals surface area contributed by atoms with Crippen LogP contribution in [-0.2, 0) is 4.79 Å². The molecule has 0 aliphatic heterocycles. The fraction of sp³-hybridized carbons (Fsp3) is 0.158. The molecule has 0 saturated carbocycles. The average Bonchev–Trinajstić information content (AvgIpc) is 2.56. The van der Waals surface area contributed by atoms with Gasteiger partial charge in [0.1, 0.15) is 0 Å². The molecule has 0 saturated heterocycles. The molecule has 112 valence electrons. The zero-order valence-corrected chi connectivity index (χ0v) is 12.5. The molecule has 22 heavy (non-hydrogen) atoms. The third-order valence-electron chi connectivity index (χ3n) is 3.26. The highest BCUT2D eigenvalue weighted by Crippen LogP contribution is 2.14. The first-order valence-electron chi connectivity index (χ1n) is 7.25. The Kier molecular flexibility index (Phi) is 5.66. The summed E-state index contributed by atoms with van der Waals surface area (Å²) in [5.74, 6) is -0.914. The van der Waals surface area contributed by atoms with Crippen LogP contribution in [0.15, 0.2) is 77.8 Å². The van der Waals surface area contributed by atoms with Crippen molar-refractivity contribution >= 4 is 11.7 Å². The van der Waals surface area contributed by atoms with Gasteiger partial charge in [-0.2, -0.15) is 0 Å². The van der Waals surface area contributed by atoms with E-state index >= 15 is 0 Å². The Morgan fingerprint density at radius 2 is 1.55 bits per heavy atom. The van der Waals surface area contributed by atoms with Crippen LogP contribution < -0.4 is 0 Å². The van der Waals surface area contributed by atoms with Crippen LogP contribution in [0.2, 0.25) is 0 Å². The molecule has 0 fully saturated rings. The second-order valence-corrected chi connectivity index (χ2v) is 4.87. The molecule has 3 heteroatoms. The summed E-state index contributed by atoms with van der Waals surface area (Å²) in [5, 5.41) is 9.40. The summed E-state index contributed by atoms with van der Waals surface area (Å²) in [7, 11) is 0. The molecule has 0 amide bonds. The molecule has 3 nitrogen and oxygen atoms in total. The highest BCUT2D eigenvalue weighted by atomic mass is 16.4. The van der Waals surface area contributed by atoms with E-state index in [-0.39, 0.29) is 0 Å². The van der Waals surface area contributed by atoms with Crippen LogP contribution in [0.4, 0.5) is 0 Å². The fourth-order valence-corrected chi connectivity index (χ4v) is 2.14. The number of aliphatic imine (C=N–C) groups is 1. The molecule has 0 spiro atoms. The Morgan fingerprint density at radius 3 is 1.95 bits per heavy atom. The summed E-state index contributed by atoms with van der Waals surface area (Å²) < 4.78 is 0. The number of benzene rings is 2. The van der Waals surface area contributed by atoms with Crippen molar-refractivity contribution < 1.29 is 9.90 Å². The van der Waals surface area contributed by atoms with Crippen molar-refractivity contribution in [2.24, 2.45) is 4.99 Å². The molecule has 0 aliphatic carbocycles. The zero-order chi connectivity index (χ0) is 15.8. The second kappa shape index (κ2) is 7.93. The molecule has 2 aromatic carbocycles. The maximum atomic E-state index is 11.5. The lowest BCUT2D eigenvalue weighted by Crippen LogP contribution is -2.20. The third-order valence-corrected chi connectivity index (χ3v) is 3.26. The number of carbonyl (C=O) groups is 1. The van der Waals surface area contributed by atoms with Crippen molar-refractivity contribution in [3.8, 4) is 0 Å². The molecule has 0 heterocycles. The summed E-state index contributed by atoms with van der Waals surface area (Å²) in [4.78, 5) is 16.0. The summed E-state index contributed by atoms with van der Waals surface area (Å²) in [6.45, 7) is 1.87. The van der Waals surface area contributed by atoms with Gasteiger partial charge in [-0.05, 0) is 13.3 Å². The Bertz CT molecular complexity index is 619. The molecule has 2 rings (SSSR count). The van der Waals surface area contributed by atoms with Crippen molar-refractivity contribution in [1.82, 2.24) is 0 Å². The average molecular weight is 293 g/mol. The molecule has 1 N–H and O–H groups in total. The van der Waals surface area contributed by atoms with Gasteiger partial charge >= 0.3 is 5.97 Å². The molecular formula is C19H19NO2. The van der Waals surface area contributed by atoms with E-state index < -0.39 is 12.0 Å². The van der Waals surface area contributed by atoms with Gasteiger partial charge in [0, 0.05) is 11.1 Å². The Morgan fingerprint density at radius 1 is 1.05 bits per heavy atom. The molecule has 0 aromatic heterocycles. The second-order valence-electron chi connectivity index (χ2n) is 4.87. The van der Waals surface area contributed by atoms with Gasteiger partial charge in [-0.25, -0.2) is 4.79 Å². The molecule has 2 aromatic rings. The first kappa shape index (κ1) is 15.7. The van der Waals surface area contributed by atoms with E-state index in [1.807, 2.05) is 79.7 Å². The van der Waals surface area contributed by atoms with Gasteiger partial charge in [0.25, 0.3) is 0 Å². The number of aliphatic carboxylic acids is 1. The van der Waals surface area contributed by atoms with Gasteiger partial charge in [0.05, 0.1) is 5.71 Å². The number of hydrogen-bond donors (Lipinski definition) is 1. The van der Waals surface area contributed by atoms with Crippen molar-refractivity contribution in [3.63, 3.8) is 0 Å². The van der Waals surface area contributed by atoms with Gasteiger partial charge in [0.15, 0.2) is 6.04 Å². The minimum absolute atomic E-state index is 0.384. The van der Waals surface area contributed by atoms with E-state index in [1.165, 1.54) is 0 Å². The largest absolute Gasteiger partial charge is 0.480 e. The molecule has 0 bridgehead atoms. The van der Waals surface area contributed by atoms with Crippen molar-refractivity contribution in [1.29, 1.82) is 0 Å². The number of rotatable bonds is 6. The van der Waals surface area contributed by atoms with Gasteiger partial charge in [-0.15, -0.1) is 0 Å². The van der Waals surface area contributed by atoms with Gasteiger partial charge in [-0.3, -0.25) is 4.99 Å². The van der Waals surface area contributed by atoms with Crippen LogP contribution in [0.5, 0.6) is 0 Å². The molecular weight excluding hydrogens is 274 g/mol. The highest BCUT2D eigenvalue weighted by Gasteiger charge is 2.17. The Labute approximate surface area is 130 Å². The summed E-state index contributed by atoms with van der Waals surface area (Å²) in [5.41, 5.74) is 2.54. The van der Waals surface area contributed by atoms with Crippen molar-refractivity contribution in [3.05, 3.63) is 83.9 Å². The number of allylic oxidation sites excluding steroid dienone is 1. The fourth-order valence-electron chi connectivity index (χ4n) is 2.14. The van der Waals surface area contributed by atoms with Crippen LogP contribution in [0.3, 0.4) is 0 Å². The first-order valence-corrected chi connectivity index (χ1v) is 7.25. The highest BCUT2D eigenvalue weighted by molar-refractivity contribution is 6.13. The van der Waals surface area contributed by atoms with Crippen LogP contribution in [0.25, 0.3) is 0 Å². The predicted molar refractivity (Wildman–Crippen MR) is 89.4 cm³/mol. The Hall–Kier alpha value is -2.68. The molecule has 1 unspecified atom stereocenters. The normalized spacial score (nSPS) is 12.0. The van der Waals surface area contributed by atoms with Gasteiger partial charge in [0.2, 0.25) is 0 Å². The van der Waals surface area contributed by atoms with E-state index in [0.717, 1.165) is 11.1 Å². The quantitative estimate of drug-likeness (QED) is 0.647. The maximum absolute atomic E-state index is 11.5. The van der Waals surface area contributed by atoms with Gasteiger partial charge < -0.3 is 5.11 Å². The van der Waals surface area contributed by atoms with Gasteiger partial charge in [-0.1, -0.05) is 72.8 Å². The lowest BCUT2D eigenvalue weighted by Gasteiger charge is -2.11. The van der Waals surface area contributed by atoms with Crippen LogP contribution in [0.1, 0.15) is 24.5 Å². The van der Waals surface area contributed by atoms with Crippen LogP contribution in [0, 0.1) is 0 Å². The molecule has 0 aliphatic rings. The smallest absolute Gasteiger partial charge is 0.328 e. The minimum Gasteiger partial charge on any atom is -0.480 e. The summed E-state index contributed by atoms with van der Waals surface area (Å²) >= 11 is 0. The predicted octanol–water partition coefficient (Wildman–Crippen LogP) is 3.94. The molecule has 1 atom stereocenters. The number of carboxylic acid groups (broad SMARTS) is 1. The standard InChI is InChI=1S/C19H19NO2/c1-2-3-14-17(19(21)22)20-18(15-10-6-4-7-11-15)16-12-8-5-9-13-16/h2-13,17H,14H2,1H3,(H,21,22). The van der Waals surface area contributed by atoms with E-state index in [4.69, 9.17) is 0 Å². The Balaban J connectivity index is 2.48. The lowest BCUT2D eigenvalue weighted by molar-refractivity contribution is -0.138. The molecule has 0 radical (unpaired) electrons. The SMILES string of the molecule is CC=CCC(N=C(c1ccccc1)c1ccccc1)C(=O)O. The summed E-state index contributed by atoms with van der Waals surface area (Å²) in [6.07, 6.45) is 4.06. The van der Waals surface area contributed by atoms with E-state index in [1.54, 1.807) is 0 Å². The summed E-state index contributed by atoms with van der Waals surface area (Å²) in [6, 6.07) is 18.6. The van der Waals surface area contributed by atoms with E-state index in [9.17, 15) is 9.90 Å². The van der Waals surface area contributed by atoms with Crippen LogP contribution in [-0.4, -0.2) is 22.8 Å². The maximum Gasteiger partial charge on any atom is 0.328 e. The monoisotopic (exact) mass is 293 g/mol. The van der Waals surface area contributed by atoms with Crippen molar-refractivity contribution in [2.75, 3.05) is 0 Å². The number of hydrogen-bond acceptors (Lipinski definition) is 2. The number of nitrogens with zero attached hydrogens (tertiary/aromatic N) is 1. The topological polar surface area (TPSA) is 49.7 Å². The zero-order valence-electron chi connectivity index (χ0n) is 12.5. The lowest BCUT2D eigenvalue weighted by atomic mass is 10.0. The van der Waals surface area contributed by atoms with Crippen molar-refractivity contribution in [2.45, 2.75) is 19.4 Å². The van der Waals surface area contributed by atoms with E-state index in [2.05, 4.69) is 4.99 Å². The number of carboxylic acids is 1. The first-order chi connectivity index (χ1) is 10.7. The van der Waals surface area contributed by atoms with Crippen LogP contribution >= 0.6 is 0 Å². The third kappa shape index (κ3) is 4.16.